The second-order valence-corrected chi connectivity index (χ2v) is 11.9. The highest BCUT2D eigenvalue weighted by atomic mass is 32.2. The molecule has 6 rings (SSSR count). The average Bonchev–Trinajstić information content (AvgIpc) is 3.61. The van der Waals surface area contributed by atoms with Crippen molar-refractivity contribution in [3.8, 4) is 0 Å². The molecule has 17 heteroatoms. The van der Waals surface area contributed by atoms with Gasteiger partial charge in [-0.15, -0.1) is 10.2 Å². The average molecular weight is 679 g/mol. The van der Waals surface area contributed by atoms with E-state index in [1.54, 1.807) is 24.5 Å². The molecule has 0 aliphatic carbocycles. The number of amides is 5. The number of hydrogen-bond donors (Lipinski definition) is 3. The molecule has 0 radical (unpaired) electrons. The van der Waals surface area contributed by atoms with Gasteiger partial charge in [-0.1, -0.05) is 23.9 Å². The van der Waals surface area contributed by atoms with Crippen LogP contribution in [-0.2, 0) is 25.7 Å². The van der Waals surface area contributed by atoms with Crippen LogP contribution in [0.15, 0.2) is 46.3 Å². The molecule has 2 aliphatic heterocycles. The smallest absolute Gasteiger partial charge is 0.264 e. The number of piperidine rings is 1. The lowest BCUT2D eigenvalue weighted by Crippen LogP contribution is -2.54. The summed E-state index contributed by atoms with van der Waals surface area (Å²) in [5.41, 5.74) is 0.458. The van der Waals surface area contributed by atoms with Gasteiger partial charge in [0.25, 0.3) is 17.4 Å². The fourth-order valence-electron chi connectivity index (χ4n) is 5.86. The fourth-order valence-corrected chi connectivity index (χ4v) is 6.34. The summed E-state index contributed by atoms with van der Waals surface area (Å²) in [6.45, 7) is 1.12. The van der Waals surface area contributed by atoms with Gasteiger partial charge in [-0.3, -0.25) is 48.0 Å². The van der Waals surface area contributed by atoms with Crippen LogP contribution in [0.2, 0.25) is 0 Å². The molecule has 0 bridgehead atoms. The van der Waals surface area contributed by atoms with Gasteiger partial charge in [-0.05, 0) is 43.4 Å². The van der Waals surface area contributed by atoms with E-state index in [1.807, 2.05) is 0 Å². The van der Waals surface area contributed by atoms with E-state index in [1.165, 1.54) is 38.9 Å². The van der Waals surface area contributed by atoms with E-state index >= 15 is 0 Å². The summed E-state index contributed by atoms with van der Waals surface area (Å²) in [7, 11) is 0. The molecule has 0 saturated carbocycles. The van der Waals surface area contributed by atoms with Crippen molar-refractivity contribution in [1.82, 2.24) is 34.7 Å². The number of aryl methyl sites for hydroxylation is 1. The first kappa shape index (κ1) is 32.8. The number of rotatable bonds is 13. The zero-order chi connectivity index (χ0) is 33.9. The van der Waals surface area contributed by atoms with E-state index < -0.39 is 41.0 Å². The summed E-state index contributed by atoms with van der Waals surface area (Å²) in [5.74, 6) is -2.89. The molecule has 2 aromatic heterocycles. The van der Waals surface area contributed by atoms with Crippen molar-refractivity contribution < 1.29 is 33.1 Å². The Balaban J connectivity index is 0.950. The second-order valence-electron chi connectivity index (χ2n) is 11.1. The lowest BCUT2D eigenvalue weighted by molar-refractivity contribution is -0.136. The Morgan fingerprint density at radius 1 is 1.06 bits per heavy atom. The third-order valence-electron chi connectivity index (χ3n) is 8.11. The van der Waals surface area contributed by atoms with Crippen LogP contribution in [0.1, 0.15) is 46.4 Å². The minimum atomic E-state index is -1.05. The van der Waals surface area contributed by atoms with E-state index in [4.69, 9.17) is 4.74 Å². The molecule has 0 spiro atoms. The molecule has 4 aromatic rings. The molecule has 250 valence electrons. The molecule has 1 atom stereocenters. The van der Waals surface area contributed by atoms with Gasteiger partial charge in [-0.25, -0.2) is 4.39 Å². The van der Waals surface area contributed by atoms with Crippen LogP contribution in [0.5, 0.6) is 0 Å². The minimum Gasteiger partial charge on any atom is -0.382 e. The number of fused-ring (bicyclic) bond motifs is 4. The van der Waals surface area contributed by atoms with Gasteiger partial charge in [0, 0.05) is 38.2 Å². The highest BCUT2D eigenvalue weighted by Crippen LogP contribution is 2.32. The number of benzene rings is 2. The fraction of sp³-hybridized carbons (Fsp3) is 0.355. The standard InChI is InChI=1S/C31H31FN8O7S/c1-48-31-37-36-30-38(27(44)18-6-2-7-19(32)25(18)40(30)31)14-4-12-34-22(41)11-15-47-16-13-33-20-8-3-5-17-24(20)29(46)39(28(17)45)21-9-10-23(42)35-26(21)43/h2-3,5-8,21,33H,4,9-16H2,1H3,(H,34,41)(H,35,42,43). The van der Waals surface area contributed by atoms with Crippen molar-refractivity contribution in [2.24, 2.45) is 0 Å². The normalized spacial score (nSPS) is 16.1. The van der Waals surface area contributed by atoms with Crippen LogP contribution in [0.3, 0.4) is 0 Å². The largest absolute Gasteiger partial charge is 0.382 e. The molecule has 3 N–H and O–H groups in total. The molecule has 5 amide bonds. The zero-order valence-corrected chi connectivity index (χ0v) is 26.6. The van der Waals surface area contributed by atoms with Gasteiger partial charge in [0.15, 0.2) is 5.16 Å². The quantitative estimate of drug-likeness (QED) is 0.105. The molecule has 1 fully saturated rings. The van der Waals surface area contributed by atoms with Crippen LogP contribution >= 0.6 is 11.8 Å². The highest BCUT2D eigenvalue weighted by molar-refractivity contribution is 7.98. The molecule has 1 unspecified atom stereocenters. The third-order valence-corrected chi connectivity index (χ3v) is 8.74. The number of aromatic nitrogens is 4. The van der Waals surface area contributed by atoms with Crippen LogP contribution in [0, 0.1) is 5.82 Å². The maximum Gasteiger partial charge on any atom is 0.264 e. The summed E-state index contributed by atoms with van der Waals surface area (Å²) < 4.78 is 23.2. The van der Waals surface area contributed by atoms with E-state index in [0.717, 1.165) is 4.90 Å². The van der Waals surface area contributed by atoms with Crippen molar-refractivity contribution >= 4 is 63.7 Å². The number of carbonyl (C=O) groups is 5. The summed E-state index contributed by atoms with van der Waals surface area (Å²) in [5, 5.41) is 16.9. The number of imide groups is 2. The lowest BCUT2D eigenvalue weighted by atomic mass is 10.0. The number of carbonyl (C=O) groups excluding carboxylic acids is 5. The zero-order valence-electron chi connectivity index (χ0n) is 25.8. The molecule has 48 heavy (non-hydrogen) atoms. The molecule has 1 saturated heterocycles. The molecular formula is C31H31FN8O7S. The molecule has 2 aromatic carbocycles. The van der Waals surface area contributed by atoms with Crippen molar-refractivity contribution in [3.63, 3.8) is 0 Å². The number of ether oxygens (including phenoxy) is 1. The topological polar surface area (TPSA) is 186 Å². The molecule has 2 aliphatic rings. The third kappa shape index (κ3) is 6.13. The van der Waals surface area contributed by atoms with Gasteiger partial charge >= 0.3 is 0 Å². The number of thioether (sulfide) groups is 1. The van der Waals surface area contributed by atoms with E-state index in [2.05, 4.69) is 26.1 Å². The van der Waals surface area contributed by atoms with E-state index in [9.17, 15) is 33.2 Å². The Hall–Kier alpha value is -5.16. The summed E-state index contributed by atoms with van der Waals surface area (Å²) in [6.07, 6.45) is 2.40. The van der Waals surface area contributed by atoms with Crippen molar-refractivity contribution in [3.05, 3.63) is 63.7 Å². The Bertz CT molecular complexity index is 2030. The number of nitrogens with one attached hydrogen (secondary N) is 3. The van der Waals surface area contributed by atoms with Gasteiger partial charge < -0.3 is 15.4 Å². The number of para-hydroxylation sites is 1. The predicted molar refractivity (Wildman–Crippen MR) is 171 cm³/mol. The summed E-state index contributed by atoms with van der Waals surface area (Å²) in [4.78, 5) is 76.5. The van der Waals surface area contributed by atoms with Crippen LogP contribution in [0.4, 0.5) is 10.1 Å². The predicted octanol–water partition coefficient (Wildman–Crippen LogP) is 1.33. The van der Waals surface area contributed by atoms with Gasteiger partial charge in [0.2, 0.25) is 23.5 Å². The van der Waals surface area contributed by atoms with Crippen LogP contribution in [0.25, 0.3) is 16.7 Å². The van der Waals surface area contributed by atoms with Crippen LogP contribution in [-0.4, -0.2) is 92.2 Å². The molecule has 15 nitrogen and oxygen atoms in total. The maximum atomic E-state index is 14.7. The molecular weight excluding hydrogens is 647 g/mol. The molecule has 4 heterocycles. The number of halogens is 1. The monoisotopic (exact) mass is 678 g/mol. The van der Waals surface area contributed by atoms with Crippen LogP contribution < -0.4 is 21.5 Å². The number of nitrogens with zero attached hydrogens (tertiary/aromatic N) is 5. The summed E-state index contributed by atoms with van der Waals surface area (Å²) in [6, 6.07) is 8.05. The van der Waals surface area contributed by atoms with Crippen molar-refractivity contribution in [2.75, 3.05) is 37.9 Å². The Morgan fingerprint density at radius 3 is 2.67 bits per heavy atom. The summed E-state index contributed by atoms with van der Waals surface area (Å²) >= 11 is 1.28. The van der Waals surface area contributed by atoms with E-state index in [-0.39, 0.29) is 85.8 Å². The highest BCUT2D eigenvalue weighted by Gasteiger charge is 2.45. The maximum absolute atomic E-state index is 14.7. The van der Waals surface area contributed by atoms with Crippen molar-refractivity contribution in [2.45, 2.75) is 43.4 Å². The number of anilines is 1. The van der Waals surface area contributed by atoms with Gasteiger partial charge in [0.1, 0.15) is 11.9 Å². The van der Waals surface area contributed by atoms with Gasteiger partial charge in [-0.2, -0.15) is 0 Å². The first-order valence-corrected chi connectivity index (χ1v) is 16.5. The Kier molecular flexibility index (Phi) is 9.49. The second kappa shape index (κ2) is 13.9. The SMILES string of the molecule is CSc1nnc2n(CCCNC(=O)CCOCCNc3cccc4c3C(=O)N(C3CCC(=O)NC3=O)C4=O)c(=O)c3cccc(F)c3n12. The lowest BCUT2D eigenvalue weighted by Gasteiger charge is -2.27. The first-order chi connectivity index (χ1) is 23.2. The minimum absolute atomic E-state index is 0.0344. The Morgan fingerprint density at radius 2 is 1.88 bits per heavy atom. The Labute approximate surface area is 276 Å². The number of hydrogen-bond acceptors (Lipinski definition) is 11. The van der Waals surface area contributed by atoms with Crippen molar-refractivity contribution in [1.29, 1.82) is 0 Å². The van der Waals surface area contributed by atoms with Gasteiger partial charge in [0.05, 0.1) is 35.2 Å². The first-order valence-electron chi connectivity index (χ1n) is 15.2. The van der Waals surface area contributed by atoms with E-state index in [0.29, 0.717) is 17.3 Å².